The summed E-state index contributed by atoms with van der Waals surface area (Å²) in [5.74, 6) is 0.623. The van der Waals surface area contributed by atoms with Crippen molar-refractivity contribution in [2.75, 3.05) is 31.1 Å². The summed E-state index contributed by atoms with van der Waals surface area (Å²) < 4.78 is 14.0. The lowest BCUT2D eigenvalue weighted by Gasteiger charge is -2.37. The summed E-state index contributed by atoms with van der Waals surface area (Å²) >= 11 is 0. The van der Waals surface area contributed by atoms with Crippen LogP contribution in [0.25, 0.3) is 11.3 Å². The SMILES string of the molecule is CC1(C)Oc2cc(N3CCN(C(=O)OCc4ccccc4)CC3)c([N+](=O)[O-])cc2-c2c1cnn2C1CCCC1. The average molecular weight is 532 g/mol. The van der Waals surface area contributed by atoms with Crippen LogP contribution in [0.3, 0.4) is 0 Å². The zero-order valence-corrected chi connectivity index (χ0v) is 22.3. The number of carbonyl (C=O) groups excluding carboxylic acids is 1. The predicted molar refractivity (Wildman–Crippen MR) is 146 cm³/mol. The second-order valence-corrected chi connectivity index (χ2v) is 11.0. The number of benzene rings is 2. The van der Waals surface area contributed by atoms with Crippen LogP contribution in [0.5, 0.6) is 5.75 Å². The summed E-state index contributed by atoms with van der Waals surface area (Å²) in [4.78, 5) is 28.2. The van der Waals surface area contributed by atoms with E-state index >= 15 is 0 Å². The Morgan fingerprint density at radius 1 is 1.13 bits per heavy atom. The first-order valence-corrected chi connectivity index (χ1v) is 13.6. The number of aromatic nitrogens is 2. The highest BCUT2D eigenvalue weighted by Crippen LogP contribution is 2.50. The lowest BCUT2D eigenvalue weighted by atomic mass is 9.90. The van der Waals surface area contributed by atoms with E-state index in [2.05, 4.69) is 4.68 Å². The number of rotatable bonds is 5. The first-order chi connectivity index (χ1) is 18.8. The largest absolute Gasteiger partial charge is 0.482 e. The zero-order valence-electron chi connectivity index (χ0n) is 22.3. The van der Waals surface area contributed by atoms with Crippen molar-refractivity contribution in [3.8, 4) is 17.0 Å². The van der Waals surface area contributed by atoms with Gasteiger partial charge in [0, 0.05) is 49.4 Å². The highest BCUT2D eigenvalue weighted by atomic mass is 16.6. The van der Waals surface area contributed by atoms with E-state index in [1.807, 2.05) is 55.3 Å². The first-order valence-electron chi connectivity index (χ1n) is 13.6. The molecule has 3 aliphatic rings. The molecule has 1 aromatic heterocycles. The van der Waals surface area contributed by atoms with E-state index in [4.69, 9.17) is 14.6 Å². The monoisotopic (exact) mass is 531 g/mol. The molecule has 0 spiro atoms. The molecular weight excluding hydrogens is 498 g/mol. The van der Waals surface area contributed by atoms with Gasteiger partial charge in [-0.25, -0.2) is 4.79 Å². The van der Waals surface area contributed by atoms with Gasteiger partial charge in [-0.1, -0.05) is 43.2 Å². The third-order valence-corrected chi connectivity index (χ3v) is 8.09. The van der Waals surface area contributed by atoms with Gasteiger partial charge in [-0.3, -0.25) is 14.8 Å². The standard InChI is InChI=1S/C29H33N5O5/c1-29(2)23-18-30-33(21-10-6-7-11-21)27(23)22-16-25(34(36)37)24(17-26(22)39-29)31-12-14-32(15-13-31)28(35)38-19-20-8-4-3-5-9-20/h3-5,8-9,16-18,21H,6-7,10-15,19H2,1-2H3. The number of piperazine rings is 1. The normalized spacial score (nSPS) is 18.3. The molecule has 1 aliphatic carbocycles. The fourth-order valence-electron chi connectivity index (χ4n) is 5.99. The van der Waals surface area contributed by atoms with Crippen LogP contribution in [-0.2, 0) is 16.9 Å². The van der Waals surface area contributed by atoms with Crippen molar-refractivity contribution in [3.63, 3.8) is 0 Å². The maximum absolute atomic E-state index is 12.6. The Bertz CT molecular complexity index is 1390. The van der Waals surface area contributed by atoms with Gasteiger partial charge >= 0.3 is 6.09 Å². The van der Waals surface area contributed by atoms with Crippen LogP contribution >= 0.6 is 0 Å². The van der Waals surface area contributed by atoms with Crippen LogP contribution in [-0.4, -0.2) is 51.9 Å². The lowest BCUT2D eigenvalue weighted by molar-refractivity contribution is -0.384. The van der Waals surface area contributed by atoms with Crippen LogP contribution in [0.4, 0.5) is 16.2 Å². The molecule has 10 heteroatoms. The molecule has 1 amide bonds. The van der Waals surface area contributed by atoms with E-state index in [1.165, 1.54) is 0 Å². The molecule has 2 fully saturated rings. The van der Waals surface area contributed by atoms with Gasteiger partial charge in [0.15, 0.2) is 0 Å². The van der Waals surface area contributed by atoms with E-state index in [1.54, 1.807) is 17.0 Å². The second kappa shape index (κ2) is 9.91. The fraction of sp³-hybridized carbons (Fsp3) is 0.448. The van der Waals surface area contributed by atoms with Crippen molar-refractivity contribution in [3.05, 3.63) is 69.9 Å². The van der Waals surface area contributed by atoms with Crippen LogP contribution in [0.1, 0.15) is 56.7 Å². The van der Waals surface area contributed by atoms with Crippen LogP contribution in [0, 0.1) is 10.1 Å². The van der Waals surface area contributed by atoms with Crippen molar-refractivity contribution in [1.82, 2.24) is 14.7 Å². The first kappa shape index (κ1) is 25.2. The van der Waals surface area contributed by atoms with Crippen LogP contribution in [0.15, 0.2) is 48.7 Å². The maximum atomic E-state index is 12.6. The Labute approximate surface area is 227 Å². The van der Waals surface area contributed by atoms with Crippen LogP contribution in [0.2, 0.25) is 0 Å². The molecular formula is C29H33N5O5. The molecule has 10 nitrogen and oxygen atoms in total. The molecule has 0 N–H and O–H groups in total. The van der Waals surface area contributed by atoms with E-state index in [0.717, 1.165) is 42.5 Å². The molecule has 2 aliphatic heterocycles. The molecule has 0 unspecified atom stereocenters. The summed E-state index contributed by atoms with van der Waals surface area (Å²) in [6, 6.07) is 13.3. The Morgan fingerprint density at radius 2 is 1.85 bits per heavy atom. The van der Waals surface area contributed by atoms with E-state index in [0.29, 0.717) is 49.2 Å². The third-order valence-electron chi connectivity index (χ3n) is 8.09. The second-order valence-electron chi connectivity index (χ2n) is 11.0. The summed E-state index contributed by atoms with van der Waals surface area (Å²) in [7, 11) is 0. The van der Waals surface area contributed by atoms with Crippen LogP contribution < -0.4 is 9.64 Å². The summed E-state index contributed by atoms with van der Waals surface area (Å²) in [6.45, 7) is 5.96. The summed E-state index contributed by atoms with van der Waals surface area (Å²) in [6.07, 6.45) is 5.92. The van der Waals surface area contributed by atoms with Gasteiger partial charge in [0.25, 0.3) is 5.69 Å². The topological polar surface area (TPSA) is 103 Å². The molecule has 6 rings (SSSR count). The van der Waals surface area contributed by atoms with Gasteiger partial charge in [-0.05, 0) is 32.3 Å². The molecule has 1 saturated carbocycles. The number of nitrogens with zero attached hydrogens (tertiary/aromatic N) is 5. The molecule has 3 heterocycles. The van der Waals surface area contributed by atoms with Gasteiger partial charge in [0.1, 0.15) is 23.6 Å². The number of amides is 1. The molecule has 3 aromatic rings. The number of anilines is 1. The van der Waals surface area contributed by atoms with Crippen molar-refractivity contribution >= 4 is 17.5 Å². The zero-order chi connectivity index (χ0) is 27.1. The number of nitro benzene ring substituents is 1. The molecule has 0 bridgehead atoms. The van der Waals surface area contributed by atoms with Crippen molar-refractivity contribution < 1.29 is 19.2 Å². The predicted octanol–water partition coefficient (Wildman–Crippen LogP) is 5.66. The van der Waals surface area contributed by atoms with Gasteiger partial charge in [-0.2, -0.15) is 5.10 Å². The van der Waals surface area contributed by atoms with Crippen molar-refractivity contribution in [2.45, 2.75) is 57.8 Å². The summed E-state index contributed by atoms with van der Waals surface area (Å²) in [5.41, 5.74) is 3.43. The molecule has 0 radical (unpaired) electrons. The average Bonchev–Trinajstić information content (AvgIpc) is 3.62. The molecule has 204 valence electrons. The highest BCUT2D eigenvalue weighted by molar-refractivity contribution is 5.82. The quantitative estimate of drug-likeness (QED) is 0.309. The Balaban J connectivity index is 1.25. The van der Waals surface area contributed by atoms with Gasteiger partial charge in [0.05, 0.1) is 22.9 Å². The van der Waals surface area contributed by atoms with E-state index in [-0.39, 0.29) is 23.3 Å². The smallest absolute Gasteiger partial charge is 0.410 e. The van der Waals surface area contributed by atoms with Gasteiger partial charge < -0.3 is 19.3 Å². The van der Waals surface area contributed by atoms with E-state index < -0.39 is 5.60 Å². The summed E-state index contributed by atoms with van der Waals surface area (Å²) in [5, 5.41) is 17.0. The van der Waals surface area contributed by atoms with Crippen molar-refractivity contribution in [1.29, 1.82) is 0 Å². The lowest BCUT2D eigenvalue weighted by Crippen LogP contribution is -2.49. The minimum absolute atomic E-state index is 0.0299. The number of fused-ring (bicyclic) bond motifs is 3. The molecule has 1 saturated heterocycles. The number of hydrogen-bond donors (Lipinski definition) is 0. The van der Waals surface area contributed by atoms with Crippen molar-refractivity contribution in [2.24, 2.45) is 0 Å². The molecule has 2 aromatic carbocycles. The fourth-order valence-corrected chi connectivity index (χ4v) is 5.99. The maximum Gasteiger partial charge on any atom is 0.410 e. The van der Waals surface area contributed by atoms with Gasteiger partial charge in [-0.15, -0.1) is 0 Å². The Morgan fingerprint density at radius 3 is 2.54 bits per heavy atom. The van der Waals surface area contributed by atoms with E-state index in [9.17, 15) is 14.9 Å². The minimum atomic E-state index is -0.617. The minimum Gasteiger partial charge on any atom is -0.482 e. The number of ether oxygens (including phenoxy) is 2. The Hall–Kier alpha value is -4.08. The number of hydrogen-bond acceptors (Lipinski definition) is 7. The van der Waals surface area contributed by atoms with Gasteiger partial charge in [0.2, 0.25) is 0 Å². The number of carbonyl (C=O) groups is 1. The number of nitro groups is 1. The molecule has 39 heavy (non-hydrogen) atoms. The molecule has 0 atom stereocenters. The highest BCUT2D eigenvalue weighted by Gasteiger charge is 2.40. The Kier molecular flexibility index (Phi) is 6.40. The third kappa shape index (κ3) is 4.68.